The number of hydrogen-bond acceptors (Lipinski definition) is 5. The third-order valence-corrected chi connectivity index (χ3v) is 6.55. The van der Waals surface area contributed by atoms with Crippen LogP contribution in [0.4, 0.5) is 0 Å². The molecule has 7 heteroatoms. The van der Waals surface area contributed by atoms with E-state index in [1.54, 1.807) is 4.90 Å². The van der Waals surface area contributed by atoms with Crippen LogP contribution < -0.4 is 10.6 Å². The second-order valence-electron chi connectivity index (χ2n) is 8.48. The predicted octanol–water partition coefficient (Wildman–Crippen LogP) is 0.631. The Balaban J connectivity index is 1.33. The molecule has 1 aromatic rings. The topological polar surface area (TPSA) is 81.8 Å². The number of piperidine rings is 1. The molecule has 1 aliphatic carbocycles. The van der Waals surface area contributed by atoms with Gasteiger partial charge in [-0.25, -0.2) is 0 Å². The molecule has 0 aromatic heterocycles. The molecule has 2 unspecified atom stereocenters. The zero-order chi connectivity index (χ0) is 19.3. The van der Waals surface area contributed by atoms with Gasteiger partial charge in [0, 0.05) is 50.7 Å². The average molecular weight is 382 g/mol. The van der Waals surface area contributed by atoms with E-state index < -0.39 is 6.04 Å². The summed E-state index contributed by atoms with van der Waals surface area (Å²) in [5.41, 5.74) is 2.92. The first-order valence-corrected chi connectivity index (χ1v) is 10.3. The maximum atomic E-state index is 13.0. The van der Waals surface area contributed by atoms with Crippen LogP contribution in [0, 0.1) is 5.92 Å². The van der Waals surface area contributed by atoms with Crippen molar-refractivity contribution in [2.24, 2.45) is 5.92 Å². The number of nitrogens with zero attached hydrogens (tertiary/aromatic N) is 2. The number of benzene rings is 1. The Bertz CT molecular complexity index is 835. The number of amides is 3. The Kier molecular flexibility index (Phi) is 4.44. The zero-order valence-corrected chi connectivity index (χ0v) is 15.9. The Morgan fingerprint density at radius 1 is 1.11 bits per heavy atom. The highest BCUT2D eigenvalue weighted by atomic mass is 16.2. The third-order valence-electron chi connectivity index (χ3n) is 6.55. The van der Waals surface area contributed by atoms with Crippen molar-refractivity contribution in [3.05, 3.63) is 34.9 Å². The molecule has 2 atom stereocenters. The van der Waals surface area contributed by atoms with Crippen LogP contribution in [0.3, 0.4) is 0 Å². The normalized spacial score (nSPS) is 28.4. The quantitative estimate of drug-likeness (QED) is 0.747. The molecule has 0 radical (unpaired) electrons. The van der Waals surface area contributed by atoms with Gasteiger partial charge in [-0.05, 0) is 42.4 Å². The van der Waals surface area contributed by atoms with Crippen molar-refractivity contribution in [1.29, 1.82) is 0 Å². The van der Waals surface area contributed by atoms with Gasteiger partial charge in [-0.3, -0.25) is 24.6 Å². The van der Waals surface area contributed by atoms with E-state index >= 15 is 0 Å². The minimum absolute atomic E-state index is 0.0949. The van der Waals surface area contributed by atoms with Gasteiger partial charge in [0.1, 0.15) is 6.04 Å². The van der Waals surface area contributed by atoms with Gasteiger partial charge in [0.25, 0.3) is 5.91 Å². The summed E-state index contributed by atoms with van der Waals surface area (Å²) in [6.07, 6.45) is 3.36. The van der Waals surface area contributed by atoms with Crippen LogP contribution in [-0.4, -0.2) is 59.2 Å². The molecule has 3 aliphatic heterocycles. The lowest BCUT2D eigenvalue weighted by Crippen LogP contribution is -2.52. The van der Waals surface area contributed by atoms with Crippen LogP contribution in [0.5, 0.6) is 0 Å². The van der Waals surface area contributed by atoms with Crippen molar-refractivity contribution in [3.8, 4) is 0 Å². The van der Waals surface area contributed by atoms with E-state index in [9.17, 15) is 14.4 Å². The second-order valence-corrected chi connectivity index (χ2v) is 8.48. The molecule has 4 aliphatic rings. The summed E-state index contributed by atoms with van der Waals surface area (Å²) in [4.78, 5) is 40.8. The SMILES string of the molecule is O=C1CCC(N2Cc3c(CN4CCNC(C5CC5)C4)cccc3C2=O)C(=O)N1. The Labute approximate surface area is 164 Å². The number of nitrogens with one attached hydrogen (secondary N) is 2. The Hall–Kier alpha value is -2.25. The summed E-state index contributed by atoms with van der Waals surface area (Å²) in [7, 11) is 0. The lowest BCUT2D eigenvalue weighted by atomic mass is 10.0. The summed E-state index contributed by atoms with van der Waals surface area (Å²) < 4.78 is 0. The first-order chi connectivity index (χ1) is 13.6. The van der Waals surface area contributed by atoms with Gasteiger partial charge in [-0.1, -0.05) is 12.1 Å². The van der Waals surface area contributed by atoms with Crippen LogP contribution in [0.15, 0.2) is 18.2 Å². The molecule has 0 spiro atoms. The van der Waals surface area contributed by atoms with Gasteiger partial charge >= 0.3 is 0 Å². The van der Waals surface area contributed by atoms with E-state index in [1.807, 2.05) is 12.1 Å². The molecule has 2 saturated heterocycles. The van der Waals surface area contributed by atoms with Crippen molar-refractivity contribution < 1.29 is 14.4 Å². The van der Waals surface area contributed by atoms with Crippen molar-refractivity contribution in [1.82, 2.24) is 20.4 Å². The molecule has 3 fully saturated rings. The minimum Gasteiger partial charge on any atom is -0.322 e. The monoisotopic (exact) mass is 382 g/mol. The summed E-state index contributed by atoms with van der Waals surface area (Å²) in [6, 6.07) is 5.95. The number of hydrogen-bond donors (Lipinski definition) is 2. The van der Waals surface area contributed by atoms with E-state index in [2.05, 4.69) is 21.6 Å². The van der Waals surface area contributed by atoms with Crippen molar-refractivity contribution in [3.63, 3.8) is 0 Å². The molecule has 3 amide bonds. The van der Waals surface area contributed by atoms with Gasteiger partial charge in [0.15, 0.2) is 0 Å². The van der Waals surface area contributed by atoms with Gasteiger partial charge in [0.2, 0.25) is 11.8 Å². The highest BCUT2D eigenvalue weighted by Crippen LogP contribution is 2.34. The van der Waals surface area contributed by atoms with Gasteiger partial charge in [0.05, 0.1) is 0 Å². The predicted molar refractivity (Wildman–Crippen MR) is 102 cm³/mol. The van der Waals surface area contributed by atoms with Crippen LogP contribution >= 0.6 is 0 Å². The fourth-order valence-electron chi connectivity index (χ4n) is 4.84. The maximum absolute atomic E-state index is 13.0. The standard InChI is InChI=1S/C21H26N4O3/c26-19-7-6-18(20(27)23-19)25-11-16-14(2-1-3-15(16)21(25)28)10-24-9-8-22-17(12-24)13-4-5-13/h1-3,13,17-18,22H,4-12H2,(H,23,26,27). The molecule has 5 rings (SSSR count). The summed E-state index contributed by atoms with van der Waals surface area (Å²) in [6.45, 7) is 4.37. The van der Waals surface area contributed by atoms with Crippen molar-refractivity contribution in [2.75, 3.05) is 19.6 Å². The fraction of sp³-hybridized carbons (Fsp3) is 0.571. The molecular weight excluding hydrogens is 356 g/mol. The van der Waals surface area contributed by atoms with E-state index in [4.69, 9.17) is 0 Å². The van der Waals surface area contributed by atoms with Gasteiger partial charge < -0.3 is 10.2 Å². The molecule has 1 saturated carbocycles. The zero-order valence-electron chi connectivity index (χ0n) is 15.9. The fourth-order valence-corrected chi connectivity index (χ4v) is 4.84. The molecule has 0 bridgehead atoms. The number of carbonyl (C=O) groups is 3. The molecule has 3 heterocycles. The van der Waals surface area contributed by atoms with Gasteiger partial charge in [-0.15, -0.1) is 0 Å². The summed E-state index contributed by atoms with van der Waals surface area (Å²) >= 11 is 0. The minimum atomic E-state index is -0.552. The van der Waals surface area contributed by atoms with Crippen LogP contribution in [0.2, 0.25) is 0 Å². The number of fused-ring (bicyclic) bond motifs is 1. The smallest absolute Gasteiger partial charge is 0.255 e. The van der Waals surface area contributed by atoms with E-state index in [0.717, 1.165) is 37.7 Å². The van der Waals surface area contributed by atoms with E-state index in [1.165, 1.54) is 18.4 Å². The highest BCUT2D eigenvalue weighted by molar-refractivity contribution is 6.05. The van der Waals surface area contributed by atoms with Crippen LogP contribution in [-0.2, 0) is 22.7 Å². The number of rotatable bonds is 4. The third kappa shape index (κ3) is 3.22. The Morgan fingerprint density at radius 3 is 2.75 bits per heavy atom. The summed E-state index contributed by atoms with van der Waals surface area (Å²) in [5, 5.41) is 6.01. The highest BCUT2D eigenvalue weighted by Gasteiger charge is 2.40. The Morgan fingerprint density at radius 2 is 1.96 bits per heavy atom. The molecular formula is C21H26N4O3. The molecule has 7 nitrogen and oxygen atoms in total. The first-order valence-electron chi connectivity index (χ1n) is 10.3. The molecule has 1 aromatic carbocycles. The van der Waals surface area contributed by atoms with Gasteiger partial charge in [-0.2, -0.15) is 0 Å². The van der Waals surface area contributed by atoms with Crippen LogP contribution in [0.1, 0.15) is 47.2 Å². The number of piperazine rings is 1. The average Bonchev–Trinajstić information content (AvgIpc) is 3.48. The summed E-state index contributed by atoms with van der Waals surface area (Å²) in [5.74, 6) is 0.125. The first kappa shape index (κ1) is 17.8. The molecule has 148 valence electrons. The largest absolute Gasteiger partial charge is 0.322 e. The lowest BCUT2D eigenvalue weighted by molar-refractivity contribution is -0.136. The lowest BCUT2D eigenvalue weighted by Gasteiger charge is -2.34. The van der Waals surface area contributed by atoms with E-state index in [0.29, 0.717) is 24.6 Å². The maximum Gasteiger partial charge on any atom is 0.255 e. The molecule has 28 heavy (non-hydrogen) atoms. The van der Waals surface area contributed by atoms with E-state index in [-0.39, 0.29) is 24.1 Å². The van der Waals surface area contributed by atoms with Crippen molar-refractivity contribution in [2.45, 2.75) is 50.9 Å². The van der Waals surface area contributed by atoms with Crippen LogP contribution in [0.25, 0.3) is 0 Å². The van der Waals surface area contributed by atoms with Crippen molar-refractivity contribution >= 4 is 17.7 Å². The molecule has 2 N–H and O–H groups in total. The number of carbonyl (C=O) groups excluding carboxylic acids is 3. The second kappa shape index (κ2) is 6.97. The number of imide groups is 1.